The van der Waals surface area contributed by atoms with E-state index in [0.717, 1.165) is 18.4 Å². The quantitative estimate of drug-likeness (QED) is 0.676. The summed E-state index contributed by atoms with van der Waals surface area (Å²) in [6.45, 7) is 10.3. The molecule has 1 aliphatic rings. The molecular weight excluding hydrogens is 242 g/mol. The van der Waals surface area contributed by atoms with Crippen LogP contribution in [-0.2, 0) is 0 Å². The van der Waals surface area contributed by atoms with Crippen LogP contribution in [0.2, 0.25) is 0 Å². The Labute approximate surface area is 122 Å². The highest BCUT2D eigenvalue weighted by atomic mass is 15.1. The van der Waals surface area contributed by atoms with Crippen LogP contribution in [0.4, 0.5) is 5.69 Å². The standard InChI is InChI=1S/C19H23N/c1-5-16(4)20(18-9-7-6-8-10-18)19-13-11-17(12-14-19)15(2)3/h5,7,9-14H,2,6,8H2,1,3-4H3/b16-5+. The number of benzene rings is 1. The highest BCUT2D eigenvalue weighted by molar-refractivity contribution is 5.67. The minimum absolute atomic E-state index is 1.10. The molecule has 1 nitrogen and oxygen atoms in total. The molecule has 2 rings (SSSR count). The first-order valence-electron chi connectivity index (χ1n) is 7.19. The molecular formula is C19H23N. The van der Waals surface area contributed by atoms with Gasteiger partial charge in [0.15, 0.2) is 0 Å². The summed E-state index contributed by atoms with van der Waals surface area (Å²) in [5.41, 5.74) is 5.99. The Hall–Kier alpha value is -2.02. The molecule has 20 heavy (non-hydrogen) atoms. The lowest BCUT2D eigenvalue weighted by molar-refractivity contribution is 0.977. The SMILES string of the molecule is C=C(C)c1ccc(N(C2=CCCC=C2)/C(C)=C/C)cc1. The van der Waals surface area contributed by atoms with Gasteiger partial charge < -0.3 is 4.90 Å². The molecule has 0 aromatic heterocycles. The Bertz CT molecular complexity index is 570. The second-order valence-corrected chi connectivity index (χ2v) is 5.20. The molecule has 0 fully saturated rings. The van der Waals surface area contributed by atoms with Crippen molar-refractivity contribution >= 4 is 11.3 Å². The van der Waals surface area contributed by atoms with E-state index in [-0.39, 0.29) is 0 Å². The van der Waals surface area contributed by atoms with Crippen LogP contribution in [0, 0.1) is 0 Å². The van der Waals surface area contributed by atoms with E-state index < -0.39 is 0 Å². The molecule has 1 heteroatoms. The molecule has 1 aromatic carbocycles. The van der Waals surface area contributed by atoms with Gasteiger partial charge in [0.05, 0.1) is 0 Å². The first-order chi connectivity index (χ1) is 9.63. The summed E-state index contributed by atoms with van der Waals surface area (Å²) in [4.78, 5) is 2.30. The molecule has 0 aliphatic heterocycles. The minimum atomic E-state index is 1.10. The van der Waals surface area contributed by atoms with Gasteiger partial charge in [0, 0.05) is 17.1 Å². The van der Waals surface area contributed by atoms with Crippen LogP contribution in [0.5, 0.6) is 0 Å². The molecule has 0 heterocycles. The number of allylic oxidation sites excluding steroid dienone is 6. The van der Waals surface area contributed by atoms with Crippen molar-refractivity contribution in [3.05, 3.63) is 72.1 Å². The fourth-order valence-electron chi connectivity index (χ4n) is 2.35. The minimum Gasteiger partial charge on any atom is -0.315 e. The van der Waals surface area contributed by atoms with Crippen molar-refractivity contribution in [3.63, 3.8) is 0 Å². The summed E-state index contributed by atoms with van der Waals surface area (Å²) in [7, 11) is 0. The van der Waals surface area contributed by atoms with Crippen LogP contribution < -0.4 is 4.90 Å². The van der Waals surface area contributed by atoms with E-state index in [2.05, 4.69) is 73.9 Å². The molecule has 0 saturated heterocycles. The molecule has 0 atom stereocenters. The van der Waals surface area contributed by atoms with Crippen molar-refractivity contribution < 1.29 is 0 Å². The van der Waals surface area contributed by atoms with Crippen molar-refractivity contribution in [1.82, 2.24) is 0 Å². The lowest BCUT2D eigenvalue weighted by Crippen LogP contribution is -2.19. The largest absolute Gasteiger partial charge is 0.315 e. The van der Waals surface area contributed by atoms with E-state index in [9.17, 15) is 0 Å². The van der Waals surface area contributed by atoms with Gasteiger partial charge in [0.1, 0.15) is 0 Å². The van der Waals surface area contributed by atoms with E-state index in [1.54, 1.807) is 0 Å². The Morgan fingerprint density at radius 1 is 1.15 bits per heavy atom. The third-order valence-electron chi connectivity index (χ3n) is 3.62. The van der Waals surface area contributed by atoms with E-state index in [1.165, 1.54) is 22.6 Å². The van der Waals surface area contributed by atoms with Gasteiger partial charge in [-0.1, -0.05) is 42.5 Å². The number of nitrogens with zero attached hydrogens (tertiary/aromatic N) is 1. The molecule has 0 radical (unpaired) electrons. The first-order valence-corrected chi connectivity index (χ1v) is 7.19. The van der Waals surface area contributed by atoms with Crippen LogP contribution in [0.15, 0.2) is 66.5 Å². The maximum Gasteiger partial charge on any atom is 0.0458 e. The number of rotatable bonds is 4. The molecule has 0 N–H and O–H groups in total. The second kappa shape index (κ2) is 6.42. The average molecular weight is 265 g/mol. The van der Waals surface area contributed by atoms with Crippen molar-refractivity contribution in [1.29, 1.82) is 0 Å². The Morgan fingerprint density at radius 2 is 1.85 bits per heavy atom. The number of anilines is 1. The van der Waals surface area contributed by atoms with Crippen LogP contribution in [0.25, 0.3) is 5.57 Å². The van der Waals surface area contributed by atoms with Gasteiger partial charge >= 0.3 is 0 Å². The third kappa shape index (κ3) is 3.11. The van der Waals surface area contributed by atoms with E-state index in [0.29, 0.717) is 0 Å². The smallest absolute Gasteiger partial charge is 0.0458 e. The van der Waals surface area contributed by atoms with Gasteiger partial charge in [-0.3, -0.25) is 0 Å². The van der Waals surface area contributed by atoms with Gasteiger partial charge in [0.2, 0.25) is 0 Å². The normalized spacial score (nSPS) is 14.9. The molecule has 1 aliphatic carbocycles. The van der Waals surface area contributed by atoms with Gasteiger partial charge in [-0.05, 0) is 57.4 Å². The predicted octanol–water partition coefficient (Wildman–Crippen LogP) is 5.68. The lowest BCUT2D eigenvalue weighted by atomic mass is 10.1. The zero-order valence-corrected chi connectivity index (χ0v) is 12.7. The van der Waals surface area contributed by atoms with Gasteiger partial charge in [-0.25, -0.2) is 0 Å². The zero-order valence-electron chi connectivity index (χ0n) is 12.7. The van der Waals surface area contributed by atoms with Crippen molar-refractivity contribution in [2.45, 2.75) is 33.6 Å². The topological polar surface area (TPSA) is 3.24 Å². The summed E-state index contributed by atoms with van der Waals surface area (Å²) in [5.74, 6) is 0. The molecule has 0 unspecified atom stereocenters. The maximum absolute atomic E-state index is 3.99. The molecule has 1 aromatic rings. The Morgan fingerprint density at radius 3 is 2.35 bits per heavy atom. The summed E-state index contributed by atoms with van der Waals surface area (Å²) >= 11 is 0. The summed E-state index contributed by atoms with van der Waals surface area (Å²) in [5, 5.41) is 0. The van der Waals surface area contributed by atoms with Crippen molar-refractivity contribution in [2.24, 2.45) is 0 Å². The third-order valence-corrected chi connectivity index (χ3v) is 3.62. The summed E-state index contributed by atoms with van der Waals surface area (Å²) in [6.07, 6.45) is 11.2. The van der Waals surface area contributed by atoms with Crippen molar-refractivity contribution in [3.8, 4) is 0 Å². The zero-order chi connectivity index (χ0) is 14.5. The van der Waals surface area contributed by atoms with Gasteiger partial charge in [-0.2, -0.15) is 0 Å². The second-order valence-electron chi connectivity index (χ2n) is 5.20. The first kappa shape index (κ1) is 14.4. The lowest BCUT2D eigenvalue weighted by Gasteiger charge is -2.28. The van der Waals surface area contributed by atoms with E-state index >= 15 is 0 Å². The highest BCUT2D eigenvalue weighted by Crippen LogP contribution is 2.28. The highest BCUT2D eigenvalue weighted by Gasteiger charge is 2.13. The monoisotopic (exact) mass is 265 g/mol. The number of hydrogen-bond acceptors (Lipinski definition) is 1. The molecule has 0 amide bonds. The van der Waals surface area contributed by atoms with Crippen LogP contribution in [0.1, 0.15) is 39.2 Å². The Balaban J connectivity index is 2.39. The van der Waals surface area contributed by atoms with Crippen LogP contribution in [-0.4, -0.2) is 0 Å². The fraction of sp³-hybridized carbons (Fsp3) is 0.263. The fourth-order valence-corrected chi connectivity index (χ4v) is 2.35. The average Bonchev–Trinajstić information content (AvgIpc) is 2.49. The van der Waals surface area contributed by atoms with Gasteiger partial charge in [-0.15, -0.1) is 0 Å². The van der Waals surface area contributed by atoms with Crippen LogP contribution >= 0.6 is 0 Å². The molecule has 0 spiro atoms. The molecule has 104 valence electrons. The summed E-state index contributed by atoms with van der Waals surface area (Å²) in [6, 6.07) is 8.61. The van der Waals surface area contributed by atoms with Crippen molar-refractivity contribution in [2.75, 3.05) is 4.90 Å². The van der Waals surface area contributed by atoms with E-state index in [4.69, 9.17) is 0 Å². The predicted molar refractivity (Wildman–Crippen MR) is 89.5 cm³/mol. The summed E-state index contributed by atoms with van der Waals surface area (Å²) < 4.78 is 0. The Kier molecular flexibility index (Phi) is 4.62. The van der Waals surface area contributed by atoms with E-state index in [1.807, 2.05) is 6.92 Å². The maximum atomic E-state index is 3.99. The molecule has 0 bridgehead atoms. The van der Waals surface area contributed by atoms with Gasteiger partial charge in [0.25, 0.3) is 0 Å². The van der Waals surface area contributed by atoms with Crippen LogP contribution in [0.3, 0.4) is 0 Å². The molecule has 0 saturated carbocycles. The number of hydrogen-bond donors (Lipinski definition) is 0.